The zero-order valence-electron chi connectivity index (χ0n) is 15.0. The van der Waals surface area contributed by atoms with Gasteiger partial charge in [0.25, 0.3) is 0 Å². The Bertz CT molecular complexity index is 605. The molecule has 0 aromatic carbocycles. The predicted octanol–water partition coefficient (Wildman–Crippen LogP) is 3.48. The van der Waals surface area contributed by atoms with Crippen LogP contribution in [0.4, 0.5) is 0 Å². The van der Waals surface area contributed by atoms with Crippen molar-refractivity contribution in [2.75, 3.05) is 13.2 Å². The van der Waals surface area contributed by atoms with Crippen LogP contribution in [-0.2, 0) is 15.1 Å². The summed E-state index contributed by atoms with van der Waals surface area (Å²) in [4.78, 5) is 13.8. The van der Waals surface area contributed by atoms with Gasteiger partial charge in [-0.15, -0.1) is 0 Å². The van der Waals surface area contributed by atoms with Crippen LogP contribution in [0.3, 0.4) is 0 Å². The molecule has 6 nitrogen and oxygen atoms in total. The molecule has 3 fully saturated rings. The van der Waals surface area contributed by atoms with E-state index in [1.54, 1.807) is 4.80 Å². The number of rotatable bonds is 3. The number of hydrogen-bond acceptors (Lipinski definition) is 4. The molecule has 2 heterocycles. The van der Waals surface area contributed by atoms with Crippen LogP contribution >= 0.6 is 0 Å². The molecule has 1 N–H and O–H groups in total. The van der Waals surface area contributed by atoms with E-state index in [1.807, 2.05) is 6.20 Å². The summed E-state index contributed by atoms with van der Waals surface area (Å²) in [6.45, 7) is 1.62. The fourth-order valence-electron chi connectivity index (χ4n) is 5.06. The van der Waals surface area contributed by atoms with Gasteiger partial charge in [0.1, 0.15) is 0 Å². The lowest BCUT2D eigenvalue weighted by molar-refractivity contribution is -0.154. The number of hydrogen-bond donors (Lipinski definition) is 1. The standard InChI is InChI=1S/C19H29N3O3/c23-17(24)19(8-6-18(7-9-19)10-12-25-13-11-18)22-20-14-16(21-22)15-4-2-1-3-5-15/h14-15H,1-13H2,(H,23,24). The molecule has 1 saturated heterocycles. The maximum atomic E-state index is 12.2. The minimum absolute atomic E-state index is 0.274. The highest BCUT2D eigenvalue weighted by Crippen LogP contribution is 2.49. The van der Waals surface area contributed by atoms with Crippen molar-refractivity contribution in [1.29, 1.82) is 0 Å². The number of aliphatic carboxylic acids is 1. The molecular formula is C19H29N3O3. The topological polar surface area (TPSA) is 77.2 Å². The highest BCUT2D eigenvalue weighted by Gasteiger charge is 2.50. The van der Waals surface area contributed by atoms with E-state index in [-0.39, 0.29) is 5.41 Å². The van der Waals surface area contributed by atoms with Gasteiger partial charge in [-0.3, -0.25) is 0 Å². The summed E-state index contributed by atoms with van der Waals surface area (Å²) < 4.78 is 5.51. The SMILES string of the molecule is O=C(O)C1(n2ncc(C3CCCCC3)n2)CCC2(CCOCC2)CC1. The van der Waals surface area contributed by atoms with Crippen molar-refractivity contribution in [2.45, 2.75) is 82.1 Å². The van der Waals surface area contributed by atoms with Crippen LogP contribution < -0.4 is 0 Å². The van der Waals surface area contributed by atoms with Crippen LogP contribution in [0.5, 0.6) is 0 Å². The average molecular weight is 347 g/mol. The summed E-state index contributed by atoms with van der Waals surface area (Å²) in [5, 5.41) is 19.1. The summed E-state index contributed by atoms with van der Waals surface area (Å²) in [6.07, 6.45) is 13.1. The number of nitrogens with zero attached hydrogens (tertiary/aromatic N) is 3. The number of aromatic nitrogens is 3. The average Bonchev–Trinajstić information content (AvgIpc) is 3.14. The number of carbonyl (C=O) groups is 1. The fraction of sp³-hybridized carbons (Fsp3) is 0.842. The molecule has 25 heavy (non-hydrogen) atoms. The van der Waals surface area contributed by atoms with Crippen molar-refractivity contribution in [3.63, 3.8) is 0 Å². The first-order valence-corrected chi connectivity index (χ1v) is 9.88. The van der Waals surface area contributed by atoms with Gasteiger partial charge >= 0.3 is 5.97 Å². The van der Waals surface area contributed by atoms with E-state index in [1.165, 1.54) is 19.3 Å². The summed E-state index contributed by atoms with van der Waals surface area (Å²) in [7, 11) is 0. The van der Waals surface area contributed by atoms with Gasteiger partial charge in [-0.2, -0.15) is 15.0 Å². The van der Waals surface area contributed by atoms with Crippen LogP contribution in [0.15, 0.2) is 6.20 Å². The van der Waals surface area contributed by atoms with Crippen molar-refractivity contribution < 1.29 is 14.6 Å². The Hall–Kier alpha value is -1.43. The Kier molecular flexibility index (Phi) is 4.56. The molecule has 1 spiro atoms. The zero-order valence-corrected chi connectivity index (χ0v) is 15.0. The Balaban J connectivity index is 1.53. The quantitative estimate of drug-likeness (QED) is 0.906. The third-order valence-corrected chi connectivity index (χ3v) is 7.01. The summed E-state index contributed by atoms with van der Waals surface area (Å²) >= 11 is 0. The van der Waals surface area contributed by atoms with Gasteiger partial charge in [0, 0.05) is 19.1 Å². The van der Waals surface area contributed by atoms with Crippen molar-refractivity contribution >= 4 is 5.97 Å². The van der Waals surface area contributed by atoms with E-state index in [0.29, 0.717) is 18.8 Å². The minimum Gasteiger partial charge on any atom is -0.479 e. The first-order valence-electron chi connectivity index (χ1n) is 9.88. The van der Waals surface area contributed by atoms with Crippen LogP contribution in [0.1, 0.15) is 82.2 Å². The highest BCUT2D eigenvalue weighted by atomic mass is 16.5. The van der Waals surface area contributed by atoms with Crippen LogP contribution in [-0.4, -0.2) is 39.3 Å². The third kappa shape index (κ3) is 3.09. The first kappa shape index (κ1) is 17.0. The van der Waals surface area contributed by atoms with E-state index in [4.69, 9.17) is 4.74 Å². The summed E-state index contributed by atoms with van der Waals surface area (Å²) in [5.41, 5.74) is 0.305. The van der Waals surface area contributed by atoms with Gasteiger partial charge in [0.05, 0.1) is 11.9 Å². The Morgan fingerprint density at radius 2 is 1.76 bits per heavy atom. The smallest absolute Gasteiger partial charge is 0.333 e. The number of carboxylic acid groups (broad SMARTS) is 1. The monoisotopic (exact) mass is 347 g/mol. The maximum Gasteiger partial charge on any atom is 0.333 e. The van der Waals surface area contributed by atoms with Crippen molar-refractivity contribution in [2.24, 2.45) is 5.41 Å². The lowest BCUT2D eigenvalue weighted by Gasteiger charge is -2.45. The van der Waals surface area contributed by atoms with Crippen molar-refractivity contribution in [3.8, 4) is 0 Å². The van der Waals surface area contributed by atoms with Gasteiger partial charge in [-0.1, -0.05) is 19.3 Å². The van der Waals surface area contributed by atoms with Crippen LogP contribution in [0, 0.1) is 5.41 Å². The van der Waals surface area contributed by atoms with Crippen LogP contribution in [0.25, 0.3) is 0 Å². The first-order chi connectivity index (χ1) is 12.1. The molecule has 138 valence electrons. The molecule has 0 bridgehead atoms. The second kappa shape index (κ2) is 6.71. The molecular weight excluding hydrogens is 318 g/mol. The number of carboxylic acids is 1. The largest absolute Gasteiger partial charge is 0.479 e. The van der Waals surface area contributed by atoms with E-state index >= 15 is 0 Å². The highest BCUT2D eigenvalue weighted by molar-refractivity contribution is 5.76. The minimum atomic E-state index is -0.962. The third-order valence-electron chi connectivity index (χ3n) is 7.01. The van der Waals surface area contributed by atoms with Crippen LogP contribution in [0.2, 0.25) is 0 Å². The molecule has 0 atom stereocenters. The predicted molar refractivity (Wildman–Crippen MR) is 92.4 cm³/mol. The molecule has 0 radical (unpaired) electrons. The van der Waals surface area contributed by atoms with Gasteiger partial charge in [-0.25, -0.2) is 4.79 Å². The number of ether oxygens (including phenoxy) is 1. The van der Waals surface area contributed by atoms with Gasteiger partial charge in [-0.05, 0) is 56.8 Å². The molecule has 2 aliphatic carbocycles. The Morgan fingerprint density at radius 1 is 1.08 bits per heavy atom. The molecule has 2 saturated carbocycles. The molecule has 6 heteroatoms. The normalized spacial score (nSPS) is 26.6. The Morgan fingerprint density at radius 3 is 2.40 bits per heavy atom. The Labute approximate surface area is 148 Å². The van der Waals surface area contributed by atoms with Crippen molar-refractivity contribution in [3.05, 3.63) is 11.9 Å². The molecule has 0 unspecified atom stereocenters. The van der Waals surface area contributed by atoms with E-state index in [0.717, 1.165) is 57.4 Å². The lowest BCUT2D eigenvalue weighted by atomic mass is 9.64. The summed E-state index contributed by atoms with van der Waals surface area (Å²) in [5.74, 6) is -0.320. The van der Waals surface area contributed by atoms with E-state index in [2.05, 4.69) is 10.2 Å². The van der Waals surface area contributed by atoms with E-state index in [9.17, 15) is 9.90 Å². The molecule has 1 aromatic rings. The van der Waals surface area contributed by atoms with Gasteiger partial charge in [0.15, 0.2) is 5.54 Å². The van der Waals surface area contributed by atoms with Gasteiger partial charge in [0.2, 0.25) is 0 Å². The maximum absolute atomic E-state index is 12.2. The van der Waals surface area contributed by atoms with Crippen molar-refractivity contribution in [1.82, 2.24) is 15.0 Å². The second-order valence-corrected chi connectivity index (χ2v) is 8.34. The molecule has 1 aromatic heterocycles. The fourth-order valence-corrected chi connectivity index (χ4v) is 5.06. The molecule has 0 amide bonds. The second-order valence-electron chi connectivity index (χ2n) is 8.34. The van der Waals surface area contributed by atoms with E-state index < -0.39 is 11.5 Å². The zero-order chi connectivity index (χ0) is 17.3. The molecule has 3 aliphatic rings. The molecule has 1 aliphatic heterocycles. The lowest BCUT2D eigenvalue weighted by Crippen LogP contribution is -2.49. The van der Waals surface area contributed by atoms with Gasteiger partial charge < -0.3 is 9.84 Å². The molecule has 4 rings (SSSR count). The summed E-state index contributed by atoms with van der Waals surface area (Å²) in [6, 6.07) is 0.